The zero-order chi connectivity index (χ0) is 12.1. The van der Waals surface area contributed by atoms with Gasteiger partial charge in [0.25, 0.3) is 0 Å². The molecule has 3 N–H and O–H groups in total. The summed E-state index contributed by atoms with van der Waals surface area (Å²) in [6.45, 7) is 0. The first-order chi connectivity index (χ1) is 7.54. The summed E-state index contributed by atoms with van der Waals surface area (Å²) in [4.78, 5) is 21.7. The van der Waals surface area contributed by atoms with Gasteiger partial charge in [-0.05, 0) is 23.8 Å². The van der Waals surface area contributed by atoms with Gasteiger partial charge in [-0.3, -0.25) is 0 Å². The summed E-state index contributed by atoms with van der Waals surface area (Å²) in [5, 5.41) is 8.49. The second-order valence-corrected chi connectivity index (χ2v) is 3.01. The van der Waals surface area contributed by atoms with Crippen LogP contribution in [0.4, 0.5) is 5.69 Å². The van der Waals surface area contributed by atoms with E-state index in [-0.39, 0.29) is 5.56 Å². The third-order valence-electron chi connectivity index (χ3n) is 1.89. The van der Waals surface area contributed by atoms with E-state index >= 15 is 0 Å². The fraction of sp³-hybridized carbons (Fsp3) is 0.0909. The van der Waals surface area contributed by atoms with Crippen molar-refractivity contribution in [3.63, 3.8) is 0 Å². The minimum atomic E-state index is -1.09. The van der Waals surface area contributed by atoms with E-state index < -0.39 is 11.9 Å². The minimum absolute atomic E-state index is 0.236. The van der Waals surface area contributed by atoms with Crippen LogP contribution >= 0.6 is 0 Å². The van der Waals surface area contributed by atoms with E-state index in [0.717, 1.165) is 6.08 Å². The Balaban J connectivity index is 3.17. The Hall–Kier alpha value is -2.30. The average molecular weight is 221 g/mol. The number of benzene rings is 1. The standard InChI is InChI=1S/C11H11NO4/c1-16-11(15)9-6-8(12)4-2-7(9)3-5-10(13)14/h2-6H,12H2,1H3,(H,13,14). The van der Waals surface area contributed by atoms with Gasteiger partial charge in [-0.2, -0.15) is 0 Å². The first kappa shape index (κ1) is 11.8. The number of anilines is 1. The van der Waals surface area contributed by atoms with Crippen molar-refractivity contribution in [2.75, 3.05) is 12.8 Å². The highest BCUT2D eigenvalue weighted by Crippen LogP contribution is 2.16. The van der Waals surface area contributed by atoms with E-state index in [0.29, 0.717) is 11.3 Å². The molecule has 0 spiro atoms. The van der Waals surface area contributed by atoms with Crippen molar-refractivity contribution in [1.82, 2.24) is 0 Å². The van der Waals surface area contributed by atoms with Gasteiger partial charge >= 0.3 is 11.9 Å². The number of rotatable bonds is 3. The summed E-state index contributed by atoms with van der Waals surface area (Å²) in [5.74, 6) is -1.65. The van der Waals surface area contributed by atoms with Crippen molar-refractivity contribution < 1.29 is 19.4 Å². The molecule has 0 aromatic heterocycles. The van der Waals surface area contributed by atoms with Gasteiger partial charge in [0.1, 0.15) is 0 Å². The predicted octanol–water partition coefficient (Wildman–Crippen LogP) is 1.15. The summed E-state index contributed by atoms with van der Waals surface area (Å²) in [7, 11) is 1.25. The molecule has 0 fully saturated rings. The number of nitrogens with two attached hydrogens (primary N) is 1. The molecule has 1 aromatic carbocycles. The summed E-state index contributed by atoms with van der Waals surface area (Å²) in [6.07, 6.45) is 2.26. The fourth-order valence-electron chi connectivity index (χ4n) is 1.17. The van der Waals surface area contributed by atoms with Gasteiger partial charge in [0.2, 0.25) is 0 Å². The fourth-order valence-corrected chi connectivity index (χ4v) is 1.17. The number of carboxylic acid groups (broad SMARTS) is 1. The van der Waals surface area contributed by atoms with E-state index in [4.69, 9.17) is 10.8 Å². The third kappa shape index (κ3) is 2.84. The number of hydrogen-bond donors (Lipinski definition) is 2. The summed E-state index contributed by atoms with van der Waals surface area (Å²) < 4.78 is 4.56. The van der Waals surface area contributed by atoms with Gasteiger partial charge in [-0.25, -0.2) is 9.59 Å². The molecular weight excluding hydrogens is 210 g/mol. The number of ether oxygens (including phenoxy) is 1. The largest absolute Gasteiger partial charge is 0.478 e. The molecule has 0 saturated carbocycles. The SMILES string of the molecule is COC(=O)c1cc(N)ccc1C=CC(=O)O. The van der Waals surface area contributed by atoms with Crippen LogP contribution in [0.15, 0.2) is 24.3 Å². The highest BCUT2D eigenvalue weighted by molar-refractivity contribution is 5.96. The van der Waals surface area contributed by atoms with Crippen molar-refractivity contribution in [1.29, 1.82) is 0 Å². The van der Waals surface area contributed by atoms with Crippen molar-refractivity contribution in [3.8, 4) is 0 Å². The first-order valence-corrected chi connectivity index (χ1v) is 4.43. The van der Waals surface area contributed by atoms with Crippen LogP contribution in [-0.4, -0.2) is 24.2 Å². The van der Waals surface area contributed by atoms with Gasteiger partial charge in [0, 0.05) is 11.8 Å². The van der Waals surface area contributed by atoms with Crippen LogP contribution in [0.3, 0.4) is 0 Å². The normalized spacial score (nSPS) is 10.3. The zero-order valence-corrected chi connectivity index (χ0v) is 8.64. The maximum Gasteiger partial charge on any atom is 0.338 e. The number of carbonyl (C=O) groups is 2. The Labute approximate surface area is 92.1 Å². The molecule has 0 aliphatic rings. The van der Waals surface area contributed by atoms with Crippen LogP contribution in [0.1, 0.15) is 15.9 Å². The summed E-state index contributed by atoms with van der Waals surface area (Å²) in [6, 6.07) is 4.57. The first-order valence-electron chi connectivity index (χ1n) is 4.43. The van der Waals surface area contributed by atoms with E-state index in [1.165, 1.54) is 19.3 Å². The van der Waals surface area contributed by atoms with Crippen LogP contribution in [0.2, 0.25) is 0 Å². The van der Waals surface area contributed by atoms with Crippen LogP contribution in [0.5, 0.6) is 0 Å². The van der Waals surface area contributed by atoms with Gasteiger partial charge in [0.15, 0.2) is 0 Å². The number of nitrogen functional groups attached to an aromatic ring is 1. The summed E-state index contributed by atoms with van der Waals surface area (Å²) >= 11 is 0. The molecule has 0 atom stereocenters. The van der Waals surface area contributed by atoms with E-state index in [9.17, 15) is 9.59 Å². The van der Waals surface area contributed by atoms with Crippen molar-refractivity contribution >= 4 is 23.7 Å². The van der Waals surface area contributed by atoms with Crippen LogP contribution in [-0.2, 0) is 9.53 Å². The molecule has 0 aliphatic heterocycles. The van der Waals surface area contributed by atoms with Crippen LogP contribution in [0.25, 0.3) is 6.08 Å². The number of hydrogen-bond acceptors (Lipinski definition) is 4. The molecule has 0 radical (unpaired) electrons. The lowest BCUT2D eigenvalue weighted by atomic mass is 10.1. The molecule has 16 heavy (non-hydrogen) atoms. The molecule has 0 amide bonds. The minimum Gasteiger partial charge on any atom is -0.478 e. The Kier molecular flexibility index (Phi) is 3.66. The number of methoxy groups -OCH3 is 1. The third-order valence-corrected chi connectivity index (χ3v) is 1.89. The van der Waals surface area contributed by atoms with E-state index in [2.05, 4.69) is 4.74 Å². The molecule has 0 unspecified atom stereocenters. The molecule has 0 aliphatic carbocycles. The lowest BCUT2D eigenvalue weighted by Crippen LogP contribution is -2.04. The Bertz CT molecular complexity index is 451. The zero-order valence-electron chi connectivity index (χ0n) is 8.64. The van der Waals surface area contributed by atoms with Crippen molar-refractivity contribution in [3.05, 3.63) is 35.4 Å². The number of aliphatic carboxylic acids is 1. The summed E-state index contributed by atoms with van der Waals surface area (Å²) in [5.41, 5.74) is 6.62. The van der Waals surface area contributed by atoms with E-state index in [1.54, 1.807) is 12.1 Å². The topological polar surface area (TPSA) is 89.6 Å². The second kappa shape index (κ2) is 4.97. The molecule has 84 valence electrons. The number of carboxylic acids is 1. The van der Waals surface area contributed by atoms with Crippen LogP contribution in [0, 0.1) is 0 Å². The number of esters is 1. The molecular formula is C11H11NO4. The van der Waals surface area contributed by atoms with Crippen LogP contribution < -0.4 is 5.73 Å². The smallest absolute Gasteiger partial charge is 0.338 e. The highest BCUT2D eigenvalue weighted by Gasteiger charge is 2.10. The van der Waals surface area contributed by atoms with Crippen molar-refractivity contribution in [2.24, 2.45) is 0 Å². The molecule has 0 bridgehead atoms. The number of carbonyl (C=O) groups excluding carboxylic acids is 1. The Morgan fingerprint density at radius 3 is 2.69 bits per heavy atom. The quantitative estimate of drug-likeness (QED) is 0.454. The average Bonchev–Trinajstić information content (AvgIpc) is 2.26. The maximum absolute atomic E-state index is 11.4. The lowest BCUT2D eigenvalue weighted by Gasteiger charge is -2.04. The molecule has 1 aromatic rings. The lowest BCUT2D eigenvalue weighted by molar-refractivity contribution is -0.131. The van der Waals surface area contributed by atoms with Gasteiger partial charge in [-0.15, -0.1) is 0 Å². The maximum atomic E-state index is 11.4. The van der Waals surface area contributed by atoms with Crippen molar-refractivity contribution in [2.45, 2.75) is 0 Å². The molecule has 0 heterocycles. The Morgan fingerprint density at radius 2 is 2.12 bits per heavy atom. The van der Waals surface area contributed by atoms with Gasteiger partial charge in [-0.1, -0.05) is 6.07 Å². The second-order valence-electron chi connectivity index (χ2n) is 3.01. The van der Waals surface area contributed by atoms with E-state index in [1.807, 2.05) is 0 Å². The predicted molar refractivity (Wildman–Crippen MR) is 58.9 cm³/mol. The molecule has 0 saturated heterocycles. The Morgan fingerprint density at radius 1 is 1.44 bits per heavy atom. The van der Waals surface area contributed by atoms with Gasteiger partial charge in [0.05, 0.1) is 12.7 Å². The molecule has 5 heteroatoms. The monoisotopic (exact) mass is 221 g/mol. The molecule has 1 rings (SSSR count). The highest BCUT2D eigenvalue weighted by atomic mass is 16.5. The molecule has 5 nitrogen and oxygen atoms in total. The van der Waals surface area contributed by atoms with Gasteiger partial charge < -0.3 is 15.6 Å².